The lowest BCUT2D eigenvalue weighted by Gasteiger charge is -2.19. The van der Waals surface area contributed by atoms with Gasteiger partial charge in [-0.15, -0.1) is 0 Å². The molecule has 0 saturated carbocycles. The van der Waals surface area contributed by atoms with E-state index in [1.807, 2.05) is 0 Å². The number of nitrogen functional groups attached to an aromatic ring is 1. The molecular weight excluding hydrogens is 338 g/mol. The molecule has 2 rings (SSSR count). The first-order valence-electron chi connectivity index (χ1n) is 5.92. The SMILES string of the molecule is CN(C(=O)c1ccc(Br)cn1)c1ccc(N)cc1C(=O)O. The van der Waals surface area contributed by atoms with Crippen molar-refractivity contribution < 1.29 is 14.7 Å². The lowest BCUT2D eigenvalue weighted by Crippen LogP contribution is -2.28. The lowest BCUT2D eigenvalue weighted by molar-refractivity contribution is 0.0698. The second-order valence-electron chi connectivity index (χ2n) is 4.31. The molecule has 0 aliphatic carbocycles. The Kier molecular flexibility index (Phi) is 4.23. The highest BCUT2D eigenvalue weighted by Gasteiger charge is 2.20. The van der Waals surface area contributed by atoms with Gasteiger partial charge in [0, 0.05) is 23.4 Å². The third kappa shape index (κ3) is 3.19. The Hall–Kier alpha value is -2.41. The minimum atomic E-state index is -1.15. The summed E-state index contributed by atoms with van der Waals surface area (Å²) >= 11 is 3.24. The molecule has 0 aliphatic rings. The molecule has 108 valence electrons. The number of pyridine rings is 1. The van der Waals surface area contributed by atoms with E-state index in [2.05, 4.69) is 20.9 Å². The van der Waals surface area contributed by atoms with Crippen LogP contribution in [0.2, 0.25) is 0 Å². The number of carboxylic acids is 1. The second kappa shape index (κ2) is 5.92. The topological polar surface area (TPSA) is 96.5 Å². The van der Waals surface area contributed by atoms with Crippen LogP contribution >= 0.6 is 15.9 Å². The third-order valence-corrected chi connectivity index (χ3v) is 3.33. The van der Waals surface area contributed by atoms with Gasteiger partial charge in [0.15, 0.2) is 0 Å². The number of hydrogen-bond donors (Lipinski definition) is 2. The van der Waals surface area contributed by atoms with E-state index in [4.69, 9.17) is 5.73 Å². The number of hydrogen-bond acceptors (Lipinski definition) is 4. The molecule has 21 heavy (non-hydrogen) atoms. The third-order valence-electron chi connectivity index (χ3n) is 2.86. The number of carboxylic acid groups (broad SMARTS) is 1. The fraction of sp³-hybridized carbons (Fsp3) is 0.0714. The van der Waals surface area contributed by atoms with Gasteiger partial charge in [0.05, 0.1) is 11.3 Å². The normalized spacial score (nSPS) is 10.2. The lowest BCUT2D eigenvalue weighted by atomic mass is 10.1. The molecule has 1 aromatic carbocycles. The summed E-state index contributed by atoms with van der Waals surface area (Å²) in [6, 6.07) is 7.60. The average molecular weight is 350 g/mol. The van der Waals surface area contributed by atoms with Gasteiger partial charge in [0.2, 0.25) is 0 Å². The Morgan fingerprint density at radius 3 is 2.57 bits per heavy atom. The molecule has 1 amide bonds. The van der Waals surface area contributed by atoms with Gasteiger partial charge in [-0.25, -0.2) is 9.78 Å². The smallest absolute Gasteiger partial charge is 0.337 e. The molecule has 0 unspecified atom stereocenters. The van der Waals surface area contributed by atoms with Crippen LogP contribution < -0.4 is 10.6 Å². The summed E-state index contributed by atoms with van der Waals surface area (Å²) in [4.78, 5) is 28.8. The number of rotatable bonds is 3. The molecule has 0 radical (unpaired) electrons. The van der Waals surface area contributed by atoms with Gasteiger partial charge in [-0.05, 0) is 46.3 Å². The van der Waals surface area contributed by atoms with Crippen LogP contribution in [0.3, 0.4) is 0 Å². The fourth-order valence-electron chi connectivity index (χ4n) is 1.80. The number of amides is 1. The van der Waals surface area contributed by atoms with E-state index >= 15 is 0 Å². The minimum Gasteiger partial charge on any atom is -0.478 e. The Morgan fingerprint density at radius 2 is 2.00 bits per heavy atom. The van der Waals surface area contributed by atoms with E-state index < -0.39 is 11.9 Å². The van der Waals surface area contributed by atoms with Crippen molar-refractivity contribution in [3.05, 3.63) is 52.3 Å². The zero-order chi connectivity index (χ0) is 15.6. The molecule has 3 N–H and O–H groups in total. The van der Waals surface area contributed by atoms with Crippen LogP contribution in [0, 0.1) is 0 Å². The summed E-state index contributed by atoms with van der Waals surface area (Å²) < 4.78 is 0.750. The molecule has 1 aromatic heterocycles. The number of carbonyl (C=O) groups is 2. The molecule has 1 heterocycles. The number of halogens is 1. The Balaban J connectivity index is 2.40. The van der Waals surface area contributed by atoms with Gasteiger partial charge >= 0.3 is 5.97 Å². The molecule has 0 atom stereocenters. The fourth-order valence-corrected chi connectivity index (χ4v) is 2.04. The van der Waals surface area contributed by atoms with Crippen molar-refractivity contribution in [3.8, 4) is 0 Å². The molecule has 0 aliphatic heterocycles. The predicted molar refractivity (Wildman–Crippen MR) is 82.5 cm³/mol. The van der Waals surface area contributed by atoms with E-state index in [0.29, 0.717) is 5.69 Å². The van der Waals surface area contributed by atoms with Crippen molar-refractivity contribution in [2.45, 2.75) is 0 Å². The molecule has 0 saturated heterocycles. The van der Waals surface area contributed by atoms with Gasteiger partial charge in [0.25, 0.3) is 5.91 Å². The largest absolute Gasteiger partial charge is 0.478 e. The number of aromatic carboxylic acids is 1. The number of anilines is 2. The molecular formula is C14H12BrN3O3. The maximum Gasteiger partial charge on any atom is 0.337 e. The van der Waals surface area contributed by atoms with Gasteiger partial charge in [0.1, 0.15) is 5.69 Å². The van der Waals surface area contributed by atoms with E-state index in [0.717, 1.165) is 4.47 Å². The van der Waals surface area contributed by atoms with Crippen LogP contribution in [0.25, 0.3) is 0 Å². The van der Waals surface area contributed by atoms with Crippen LogP contribution in [-0.2, 0) is 0 Å². The molecule has 6 nitrogen and oxygen atoms in total. The zero-order valence-corrected chi connectivity index (χ0v) is 12.7. The second-order valence-corrected chi connectivity index (χ2v) is 5.22. The van der Waals surface area contributed by atoms with Crippen molar-refractivity contribution in [1.29, 1.82) is 0 Å². The summed E-state index contributed by atoms with van der Waals surface area (Å²) in [5, 5.41) is 9.21. The van der Waals surface area contributed by atoms with Crippen LogP contribution in [0.1, 0.15) is 20.8 Å². The van der Waals surface area contributed by atoms with Crippen molar-refractivity contribution in [1.82, 2.24) is 4.98 Å². The van der Waals surface area contributed by atoms with Crippen LogP contribution in [-0.4, -0.2) is 29.0 Å². The number of aromatic nitrogens is 1. The summed E-state index contributed by atoms with van der Waals surface area (Å²) in [6.45, 7) is 0. The van der Waals surface area contributed by atoms with Crippen LogP contribution in [0.4, 0.5) is 11.4 Å². The first-order valence-corrected chi connectivity index (χ1v) is 6.72. The Labute approximate surface area is 129 Å². The van der Waals surface area contributed by atoms with Crippen molar-refractivity contribution in [2.75, 3.05) is 17.7 Å². The Morgan fingerprint density at radius 1 is 1.29 bits per heavy atom. The maximum absolute atomic E-state index is 12.3. The molecule has 0 fully saturated rings. The number of benzene rings is 1. The van der Waals surface area contributed by atoms with Crippen LogP contribution in [0.15, 0.2) is 41.0 Å². The van der Waals surface area contributed by atoms with Gasteiger partial charge < -0.3 is 15.7 Å². The maximum atomic E-state index is 12.3. The first kappa shape index (κ1) is 15.0. The van der Waals surface area contributed by atoms with Crippen LogP contribution in [0.5, 0.6) is 0 Å². The van der Waals surface area contributed by atoms with Gasteiger partial charge in [-0.1, -0.05) is 0 Å². The van der Waals surface area contributed by atoms with E-state index in [1.54, 1.807) is 18.2 Å². The highest BCUT2D eigenvalue weighted by atomic mass is 79.9. The molecule has 7 heteroatoms. The molecule has 0 spiro atoms. The summed E-state index contributed by atoms with van der Waals surface area (Å²) in [6.07, 6.45) is 1.50. The number of carbonyl (C=O) groups excluding carboxylic acids is 1. The standard InChI is InChI=1S/C14H12BrN3O3/c1-18(13(19)11-4-2-8(15)7-17-11)12-5-3-9(16)6-10(12)14(20)21/h2-7H,16H2,1H3,(H,20,21). The van der Waals surface area contributed by atoms with E-state index in [9.17, 15) is 14.7 Å². The van der Waals surface area contributed by atoms with Gasteiger partial charge in [-0.2, -0.15) is 0 Å². The predicted octanol–water partition coefficient (Wildman–Crippen LogP) is 2.40. The summed E-state index contributed by atoms with van der Waals surface area (Å²) in [7, 11) is 1.49. The van der Waals surface area contributed by atoms with Crippen molar-refractivity contribution >= 4 is 39.2 Å². The van der Waals surface area contributed by atoms with E-state index in [-0.39, 0.29) is 16.9 Å². The minimum absolute atomic E-state index is 0.0389. The molecule has 0 bridgehead atoms. The summed E-state index contributed by atoms with van der Waals surface area (Å²) in [5.41, 5.74) is 6.34. The number of nitrogens with zero attached hydrogens (tertiary/aromatic N) is 2. The highest BCUT2D eigenvalue weighted by molar-refractivity contribution is 9.10. The highest BCUT2D eigenvalue weighted by Crippen LogP contribution is 2.23. The average Bonchev–Trinajstić information content (AvgIpc) is 2.46. The number of nitrogens with two attached hydrogens (primary N) is 1. The molecule has 2 aromatic rings. The van der Waals surface area contributed by atoms with Crippen molar-refractivity contribution in [3.63, 3.8) is 0 Å². The monoisotopic (exact) mass is 349 g/mol. The Bertz CT molecular complexity index is 701. The zero-order valence-electron chi connectivity index (χ0n) is 11.1. The van der Waals surface area contributed by atoms with Gasteiger partial charge in [-0.3, -0.25) is 4.79 Å². The van der Waals surface area contributed by atoms with Crippen molar-refractivity contribution in [2.24, 2.45) is 0 Å². The summed E-state index contributed by atoms with van der Waals surface area (Å²) in [5.74, 6) is -1.56. The van der Waals surface area contributed by atoms with E-state index in [1.165, 1.54) is 30.3 Å². The quantitative estimate of drug-likeness (QED) is 0.829. The first-order chi connectivity index (χ1) is 9.90.